The van der Waals surface area contributed by atoms with Crippen LogP contribution in [0.25, 0.3) is 0 Å². The average molecular weight is 214 g/mol. The number of carboxylic acids is 1. The third kappa shape index (κ3) is 5.37. The van der Waals surface area contributed by atoms with Crippen LogP contribution >= 0.6 is 0 Å². The van der Waals surface area contributed by atoms with Crippen molar-refractivity contribution in [3.63, 3.8) is 0 Å². The van der Waals surface area contributed by atoms with Gasteiger partial charge in [0.15, 0.2) is 0 Å². The summed E-state index contributed by atoms with van der Waals surface area (Å²) in [7, 11) is 0. The topological polar surface area (TPSA) is 78.4 Å². The maximum atomic E-state index is 11.3. The fraction of sp³-hybridized carbons (Fsp3) is 0.800. The smallest absolute Gasteiger partial charge is 0.317 e. The largest absolute Gasteiger partial charge is 0.480 e. The van der Waals surface area contributed by atoms with Crippen LogP contribution in [0, 0.1) is 0 Å². The van der Waals surface area contributed by atoms with E-state index in [0.717, 1.165) is 12.8 Å². The maximum Gasteiger partial charge on any atom is 0.317 e. The van der Waals surface area contributed by atoms with Gasteiger partial charge in [0.1, 0.15) is 0 Å². The highest BCUT2D eigenvalue weighted by atomic mass is 16.4. The molecule has 0 spiro atoms. The molecule has 0 aromatic rings. The highest BCUT2D eigenvalue weighted by molar-refractivity contribution is 5.79. The van der Waals surface area contributed by atoms with E-state index >= 15 is 0 Å². The summed E-state index contributed by atoms with van der Waals surface area (Å²) in [6.45, 7) is -0.0825. The average Bonchev–Trinajstić information content (AvgIpc) is 2.18. The number of aliphatic carboxylic acids is 1. The summed E-state index contributed by atoms with van der Waals surface area (Å²) in [5, 5.41) is 13.8. The van der Waals surface area contributed by atoms with Gasteiger partial charge in [-0.1, -0.05) is 19.3 Å². The molecule has 0 unspecified atom stereocenters. The zero-order valence-electron chi connectivity index (χ0n) is 8.79. The van der Waals surface area contributed by atoms with E-state index < -0.39 is 5.97 Å². The molecule has 5 nitrogen and oxygen atoms in total. The van der Waals surface area contributed by atoms with Gasteiger partial charge < -0.3 is 10.4 Å². The van der Waals surface area contributed by atoms with Gasteiger partial charge in [-0.15, -0.1) is 0 Å². The molecule has 0 aromatic heterocycles. The van der Waals surface area contributed by atoms with Gasteiger partial charge in [0.2, 0.25) is 5.91 Å². The molecule has 0 radical (unpaired) electrons. The van der Waals surface area contributed by atoms with Gasteiger partial charge in [0, 0.05) is 6.04 Å². The van der Waals surface area contributed by atoms with Crippen molar-refractivity contribution in [3.8, 4) is 0 Å². The third-order valence-electron chi connectivity index (χ3n) is 2.53. The standard InChI is InChI=1S/C10H18N2O3/c13-9(6-11-7-10(14)15)12-8-4-2-1-3-5-8/h8,11H,1-7H2,(H,12,13)(H,14,15). The van der Waals surface area contributed by atoms with Gasteiger partial charge in [-0.05, 0) is 12.8 Å². The summed E-state index contributed by atoms with van der Waals surface area (Å²) < 4.78 is 0. The van der Waals surface area contributed by atoms with Crippen LogP contribution < -0.4 is 10.6 Å². The van der Waals surface area contributed by atoms with Crippen LogP contribution in [0.5, 0.6) is 0 Å². The highest BCUT2D eigenvalue weighted by Gasteiger charge is 2.15. The Labute approximate surface area is 89.2 Å². The number of amides is 1. The number of hydrogen-bond donors (Lipinski definition) is 3. The molecule has 5 heteroatoms. The molecule has 0 atom stereocenters. The van der Waals surface area contributed by atoms with Crippen molar-refractivity contribution in [3.05, 3.63) is 0 Å². The van der Waals surface area contributed by atoms with E-state index in [4.69, 9.17) is 5.11 Å². The maximum absolute atomic E-state index is 11.3. The van der Waals surface area contributed by atoms with Gasteiger partial charge in [-0.2, -0.15) is 0 Å². The molecule has 1 aliphatic carbocycles. The van der Waals surface area contributed by atoms with Crippen molar-refractivity contribution >= 4 is 11.9 Å². The molecule has 15 heavy (non-hydrogen) atoms. The lowest BCUT2D eigenvalue weighted by molar-refractivity contribution is -0.136. The molecule has 0 bridgehead atoms. The zero-order valence-corrected chi connectivity index (χ0v) is 8.79. The molecule has 0 saturated heterocycles. The van der Waals surface area contributed by atoms with Crippen LogP contribution in [0.4, 0.5) is 0 Å². The van der Waals surface area contributed by atoms with Crippen LogP contribution in [0.1, 0.15) is 32.1 Å². The van der Waals surface area contributed by atoms with Crippen molar-refractivity contribution in [2.75, 3.05) is 13.1 Å². The minimum atomic E-state index is -0.944. The predicted octanol–water partition coefficient (Wildman–Crippen LogP) is 0.109. The Balaban J connectivity index is 2.09. The van der Waals surface area contributed by atoms with E-state index in [0.29, 0.717) is 0 Å². The van der Waals surface area contributed by atoms with Crippen LogP contribution in [0.3, 0.4) is 0 Å². The Morgan fingerprint density at radius 1 is 1.13 bits per heavy atom. The second kappa shape index (κ2) is 6.40. The fourth-order valence-corrected chi connectivity index (χ4v) is 1.81. The number of carbonyl (C=O) groups excluding carboxylic acids is 1. The fourth-order valence-electron chi connectivity index (χ4n) is 1.81. The van der Waals surface area contributed by atoms with Crippen molar-refractivity contribution in [1.29, 1.82) is 0 Å². The molecule has 0 heterocycles. The molecule has 1 rings (SSSR count). The normalized spacial score (nSPS) is 17.3. The molecular formula is C10H18N2O3. The quantitative estimate of drug-likeness (QED) is 0.607. The van der Waals surface area contributed by atoms with E-state index in [1.54, 1.807) is 0 Å². The summed E-state index contributed by atoms with van der Waals surface area (Å²) in [5.41, 5.74) is 0. The molecule has 1 aliphatic rings. The number of nitrogens with one attached hydrogen (secondary N) is 2. The Hall–Kier alpha value is -1.10. The van der Waals surface area contributed by atoms with Crippen LogP contribution in [-0.4, -0.2) is 36.1 Å². The number of hydrogen-bond acceptors (Lipinski definition) is 3. The van der Waals surface area contributed by atoms with Crippen LogP contribution in [0.15, 0.2) is 0 Å². The summed E-state index contributed by atoms with van der Waals surface area (Å²) in [6.07, 6.45) is 5.69. The minimum Gasteiger partial charge on any atom is -0.480 e. The molecule has 86 valence electrons. The lowest BCUT2D eigenvalue weighted by Gasteiger charge is -2.22. The second-order valence-corrected chi connectivity index (χ2v) is 3.90. The van der Waals surface area contributed by atoms with Crippen molar-refractivity contribution in [2.45, 2.75) is 38.1 Å². The van der Waals surface area contributed by atoms with E-state index in [9.17, 15) is 9.59 Å². The summed E-state index contributed by atoms with van der Waals surface area (Å²) >= 11 is 0. The Morgan fingerprint density at radius 3 is 2.40 bits per heavy atom. The van der Waals surface area contributed by atoms with E-state index in [1.807, 2.05) is 0 Å². The first-order chi connectivity index (χ1) is 7.18. The molecule has 3 N–H and O–H groups in total. The van der Waals surface area contributed by atoms with Gasteiger partial charge in [-0.25, -0.2) is 0 Å². The van der Waals surface area contributed by atoms with Gasteiger partial charge in [-0.3, -0.25) is 14.9 Å². The minimum absolute atomic E-state index is 0.0861. The predicted molar refractivity (Wildman–Crippen MR) is 55.5 cm³/mol. The van der Waals surface area contributed by atoms with Crippen LogP contribution in [-0.2, 0) is 9.59 Å². The summed E-state index contributed by atoms with van der Waals surface area (Å²) in [4.78, 5) is 21.5. The van der Waals surface area contributed by atoms with Crippen molar-refractivity contribution < 1.29 is 14.7 Å². The first kappa shape index (κ1) is 12.0. The van der Waals surface area contributed by atoms with Gasteiger partial charge in [0.25, 0.3) is 0 Å². The summed E-state index contributed by atoms with van der Waals surface area (Å²) in [5.74, 6) is -1.05. The van der Waals surface area contributed by atoms with Crippen molar-refractivity contribution in [1.82, 2.24) is 10.6 Å². The monoisotopic (exact) mass is 214 g/mol. The van der Waals surface area contributed by atoms with E-state index in [-0.39, 0.29) is 25.0 Å². The first-order valence-corrected chi connectivity index (χ1v) is 5.40. The van der Waals surface area contributed by atoms with Gasteiger partial charge >= 0.3 is 5.97 Å². The molecule has 0 aromatic carbocycles. The lowest BCUT2D eigenvalue weighted by Crippen LogP contribution is -2.42. The number of rotatable bonds is 5. The molecular weight excluding hydrogens is 196 g/mol. The zero-order chi connectivity index (χ0) is 11.1. The molecule has 1 fully saturated rings. The first-order valence-electron chi connectivity index (χ1n) is 5.40. The third-order valence-corrected chi connectivity index (χ3v) is 2.53. The Kier molecular flexibility index (Phi) is 5.10. The highest BCUT2D eigenvalue weighted by Crippen LogP contribution is 2.16. The van der Waals surface area contributed by atoms with Gasteiger partial charge in [0.05, 0.1) is 13.1 Å². The number of carbonyl (C=O) groups is 2. The van der Waals surface area contributed by atoms with Crippen molar-refractivity contribution in [2.24, 2.45) is 0 Å². The molecule has 0 aliphatic heterocycles. The molecule has 1 saturated carbocycles. The Morgan fingerprint density at radius 2 is 1.80 bits per heavy atom. The lowest BCUT2D eigenvalue weighted by atomic mass is 9.95. The summed E-state index contributed by atoms with van der Waals surface area (Å²) in [6, 6.07) is 0.290. The number of carboxylic acid groups (broad SMARTS) is 1. The Bertz CT molecular complexity index is 225. The van der Waals surface area contributed by atoms with E-state index in [2.05, 4.69) is 10.6 Å². The van der Waals surface area contributed by atoms with E-state index in [1.165, 1.54) is 19.3 Å². The van der Waals surface area contributed by atoms with Crippen LogP contribution in [0.2, 0.25) is 0 Å². The SMILES string of the molecule is O=C(O)CNCC(=O)NC1CCCCC1. The second-order valence-electron chi connectivity index (χ2n) is 3.90. The molecule has 1 amide bonds.